The number of nitrogens with one attached hydrogen (secondary N) is 2. The molecule has 4 rings (SSSR count). The summed E-state index contributed by atoms with van der Waals surface area (Å²) in [5, 5.41) is 48.5. The number of thiol groups is 1. The number of amides is 1. The maximum Gasteiger partial charge on any atom is 2.00 e. The number of carboxylic acid groups (broad SMARTS) is 2. The van der Waals surface area contributed by atoms with Crippen molar-refractivity contribution in [1.82, 2.24) is 30.2 Å². The Kier molecular flexibility index (Phi) is 25.8. The molecule has 1 amide bonds. The van der Waals surface area contributed by atoms with Gasteiger partial charge in [0.1, 0.15) is 24.4 Å². The van der Waals surface area contributed by atoms with Gasteiger partial charge in [-0.2, -0.15) is 17.6 Å². The van der Waals surface area contributed by atoms with E-state index in [1.807, 2.05) is 0 Å². The average molecular weight is 956 g/mol. The van der Waals surface area contributed by atoms with E-state index in [4.69, 9.17) is 31.6 Å². The van der Waals surface area contributed by atoms with Crippen LogP contribution >= 0.6 is 12.6 Å². The van der Waals surface area contributed by atoms with Gasteiger partial charge in [-0.3, -0.25) is 24.4 Å². The molecule has 4 aromatic rings. The zero-order chi connectivity index (χ0) is 37.8. The van der Waals surface area contributed by atoms with Crippen molar-refractivity contribution in [2.24, 2.45) is 5.73 Å². The number of hydroxylamine groups is 1. The Morgan fingerprint density at radius 1 is 1.05 bits per heavy atom. The third-order valence-corrected chi connectivity index (χ3v) is 7.31. The van der Waals surface area contributed by atoms with Crippen molar-refractivity contribution >= 4 is 154 Å². The first kappa shape index (κ1) is 54.3. The molecule has 0 aliphatic heterocycles. The summed E-state index contributed by atoms with van der Waals surface area (Å²) in [7, 11) is 0. The molecule has 292 valence electrons. The Balaban J connectivity index is -0.000000305. The van der Waals surface area contributed by atoms with Gasteiger partial charge in [-0.1, -0.05) is 0 Å². The first-order chi connectivity index (χ1) is 24.2. The van der Waals surface area contributed by atoms with Crippen LogP contribution in [0.25, 0.3) is 11.2 Å². The zero-order valence-corrected chi connectivity index (χ0v) is 37.1. The molecule has 1 aromatic carbocycles. The van der Waals surface area contributed by atoms with Crippen LogP contribution in [0, 0.1) is 6.92 Å². The molecule has 0 bridgehead atoms. The van der Waals surface area contributed by atoms with Crippen LogP contribution in [0.4, 0.5) is 11.6 Å². The van der Waals surface area contributed by atoms with Crippen molar-refractivity contribution in [1.29, 1.82) is 0 Å². The number of benzene rings is 1. The second-order valence-electron chi connectivity index (χ2n) is 10.6. The number of aliphatic hydroxyl groups is 2. The van der Waals surface area contributed by atoms with Crippen molar-refractivity contribution in [2.75, 3.05) is 16.5 Å². The maximum absolute atomic E-state index is 12.6. The monoisotopic (exact) mass is 957 g/mol. The van der Waals surface area contributed by atoms with E-state index in [9.17, 15) is 34.2 Å². The number of nitrogen functional groups attached to an aromatic ring is 1. The normalized spacial score (nSPS) is 11.0. The summed E-state index contributed by atoms with van der Waals surface area (Å²) < 4.78 is 0. The fraction of sp³-hybridized carbons (Fsp3) is 0.300. The number of carbonyl (C=O) groups is 4. The van der Waals surface area contributed by atoms with Gasteiger partial charge >= 0.3 is 78.7 Å². The van der Waals surface area contributed by atoms with Crippen molar-refractivity contribution in [3.63, 3.8) is 0 Å². The second kappa shape index (κ2) is 26.2. The maximum atomic E-state index is 12.6. The van der Waals surface area contributed by atoms with E-state index < -0.39 is 47.9 Å². The molecule has 25 heteroatoms. The molecule has 3 heterocycles. The molecule has 0 aliphatic carbocycles. The Morgan fingerprint density at radius 3 is 2.24 bits per heavy atom. The van der Waals surface area contributed by atoms with Crippen molar-refractivity contribution < 1.29 is 55.3 Å². The van der Waals surface area contributed by atoms with Crippen LogP contribution in [0.5, 0.6) is 5.75 Å². The number of anilines is 2. The fourth-order valence-corrected chi connectivity index (χ4v) is 4.31. The van der Waals surface area contributed by atoms with E-state index in [2.05, 4.69) is 42.9 Å². The summed E-state index contributed by atoms with van der Waals surface area (Å²) in [4.78, 5) is 83.0. The molecule has 3 aromatic heterocycles. The number of H-pyrrole nitrogens is 1. The number of carbonyl (C=O) groups excluding carboxylic acids is 2. The number of aromatic nitrogens is 5. The summed E-state index contributed by atoms with van der Waals surface area (Å²) in [6, 6.07) is 3.02. The van der Waals surface area contributed by atoms with Gasteiger partial charge in [0.25, 0.3) is 11.5 Å². The summed E-state index contributed by atoms with van der Waals surface area (Å²) >= 11 is 3.99. The van der Waals surface area contributed by atoms with Gasteiger partial charge in [0.15, 0.2) is 11.2 Å². The van der Waals surface area contributed by atoms with Gasteiger partial charge < -0.3 is 52.9 Å². The molecule has 0 spiro atoms. The fourth-order valence-electron chi connectivity index (χ4n) is 4.16. The zero-order valence-electron chi connectivity index (χ0n) is 33.1. The van der Waals surface area contributed by atoms with Crippen LogP contribution in [-0.2, 0) is 39.0 Å². The Labute approximate surface area is 391 Å². The quantitative estimate of drug-likeness (QED) is 0.0374. The number of aliphatic hydroxyl groups excluding tert-OH is 2. The molecule has 4 radical (unpaired) electrons. The molecular weight excluding hydrogens is 917 g/mol. The van der Waals surface area contributed by atoms with E-state index in [1.54, 1.807) is 6.92 Å². The van der Waals surface area contributed by atoms with Gasteiger partial charge in [0, 0.05) is 69.2 Å². The average Bonchev–Trinajstić information content (AvgIpc) is 3.10. The van der Waals surface area contributed by atoms with Crippen LogP contribution in [-0.4, -0.2) is 187 Å². The van der Waals surface area contributed by atoms with E-state index >= 15 is 0 Å². The van der Waals surface area contributed by atoms with Crippen LogP contribution < -0.4 is 27.4 Å². The summed E-state index contributed by atoms with van der Waals surface area (Å²) in [5.74, 6) is -4.34. The molecule has 2 atom stereocenters. The van der Waals surface area contributed by atoms with Crippen LogP contribution in [0.3, 0.4) is 0 Å². The van der Waals surface area contributed by atoms with Gasteiger partial charge in [0.05, 0.1) is 36.5 Å². The Hall–Kier alpha value is -2.84. The molecule has 20 nitrogen and oxygen atoms in total. The predicted molar refractivity (Wildman–Crippen MR) is 209 cm³/mol. The minimum absolute atomic E-state index is 0. The Bertz CT molecular complexity index is 1990. The van der Waals surface area contributed by atoms with E-state index in [0.29, 0.717) is 16.8 Å². The number of hydrogen-bond acceptors (Lipinski definition) is 17. The largest absolute Gasteiger partial charge is 2.00 e. The van der Waals surface area contributed by atoms with Crippen molar-refractivity contribution in [3.05, 3.63) is 75.1 Å². The standard InChI is InChI=1S/C22H24N8O8S.C8H11NO3.Ca.Mg.2Se.4H/c23-13(9-39)21(37)38-30(8-11-7-25-17-16(26-11)19(34)29-22(24)28-17)12-3-1-10(2-4-12)18(33)27-14(20(35)36)5-6-15(31)32;1-5-8(12)7(4-11)6(3-10)2-9-5;;;;;;;;/h1-4,7,13-14,39H,5-6,8-9,23H2,(H,27,33)(H,31,32)(H,35,36)(H3,24,25,28,29,34);2,10-12H,3-4H2,1H3;;;;;;;;/q;;2*+2;;;4*-1/t13-,14-;;;;;;;;;/m0........./s1. The smallest absolute Gasteiger partial charge is 1.00 e. The number of aromatic hydroxyl groups is 1. The van der Waals surface area contributed by atoms with Crippen LogP contribution in [0.2, 0.25) is 0 Å². The number of nitrogens with zero attached hydrogens (tertiary/aromatic N) is 5. The number of aromatic amines is 1. The first-order valence-corrected chi connectivity index (χ1v) is 15.4. The molecule has 0 fully saturated rings. The molecule has 0 saturated heterocycles. The number of nitrogens with two attached hydrogens (primary N) is 2. The number of hydrogen-bond donors (Lipinski definition) is 10. The van der Waals surface area contributed by atoms with Crippen LogP contribution in [0.1, 0.15) is 51.4 Å². The number of aryl methyl sites for hydroxylation is 1. The summed E-state index contributed by atoms with van der Waals surface area (Å²) in [5.41, 5.74) is 12.3. The van der Waals surface area contributed by atoms with E-state index in [0.717, 1.165) is 5.06 Å². The third-order valence-electron chi connectivity index (χ3n) is 6.92. The number of pyridine rings is 1. The van der Waals surface area contributed by atoms with Gasteiger partial charge in [-0.15, -0.1) is 0 Å². The summed E-state index contributed by atoms with van der Waals surface area (Å²) in [6.07, 6.45) is 2.00. The molecule has 0 saturated carbocycles. The number of rotatable bonds is 14. The molecular formula is C30H39CaMgN9O11SSe2. The molecule has 55 heavy (non-hydrogen) atoms. The molecule has 0 unspecified atom stereocenters. The number of carboxylic acids is 2. The van der Waals surface area contributed by atoms with Crippen molar-refractivity contribution in [2.45, 2.75) is 51.6 Å². The topological polar surface area (TPSA) is 330 Å². The van der Waals surface area contributed by atoms with Gasteiger partial charge in [-0.25, -0.2) is 24.6 Å². The minimum atomic E-state index is -1.41. The minimum Gasteiger partial charge on any atom is -1.00 e. The second-order valence-corrected chi connectivity index (χ2v) is 10.9. The third kappa shape index (κ3) is 15.9. The molecule has 11 N–H and O–H groups in total. The first-order valence-electron chi connectivity index (χ1n) is 14.8. The Morgan fingerprint density at radius 2 is 1.69 bits per heavy atom. The van der Waals surface area contributed by atoms with Crippen molar-refractivity contribution in [3.8, 4) is 5.75 Å². The van der Waals surface area contributed by atoms with Gasteiger partial charge in [0.2, 0.25) is 5.95 Å². The number of fused-ring (bicyclic) bond motifs is 1. The van der Waals surface area contributed by atoms with E-state index in [-0.39, 0.29) is 172 Å². The predicted octanol–water partition coefficient (Wildman–Crippen LogP) is -1.93. The van der Waals surface area contributed by atoms with Gasteiger partial charge in [-0.05, 0) is 37.6 Å². The molecule has 0 aliphatic rings. The van der Waals surface area contributed by atoms with Crippen LogP contribution in [0.15, 0.2) is 41.5 Å². The summed E-state index contributed by atoms with van der Waals surface area (Å²) in [6.45, 7) is 0.928. The SMILES string of the molecule is Cc1ncc(CO)c(CO)c1O.Nc1nc2ncc(CN(OC(=O)[C@@H](N)CS)c3ccc(C(=O)N[C@@H](CCC(=O)O)C(=O)O)cc3)nc2c(=O)[nH]1.[Ca+2].[H-].[H-].[H-].[H-].[Mg+2].[Se].[Se]. The van der Waals surface area contributed by atoms with E-state index in [1.165, 1.54) is 36.7 Å². The number of aliphatic carboxylic acids is 2.